The molecule has 2 heterocycles. The van der Waals surface area contributed by atoms with Gasteiger partial charge in [-0.1, -0.05) is 18.2 Å². The molecule has 1 aromatic carbocycles. The van der Waals surface area contributed by atoms with E-state index < -0.39 is 0 Å². The molecule has 88 valence electrons. The minimum Gasteiger partial charge on any atom is -0.346 e. The molecule has 1 unspecified atom stereocenters. The monoisotopic (exact) mass is 244 g/mol. The molecule has 1 atom stereocenters. The molecular weight excluding hydrogens is 228 g/mol. The third kappa shape index (κ3) is 1.61. The maximum atomic E-state index is 4.22. The van der Waals surface area contributed by atoms with Crippen molar-refractivity contribution in [3.63, 3.8) is 0 Å². The van der Waals surface area contributed by atoms with E-state index in [4.69, 9.17) is 0 Å². The lowest BCUT2D eigenvalue weighted by Crippen LogP contribution is -2.12. The molecule has 1 aliphatic heterocycles. The number of hydrogen-bond acceptors (Lipinski definition) is 2. The molecule has 0 aliphatic carbocycles. The predicted octanol–water partition coefficient (Wildman–Crippen LogP) is 3.46. The van der Waals surface area contributed by atoms with Crippen LogP contribution in [0.4, 0.5) is 0 Å². The van der Waals surface area contributed by atoms with Gasteiger partial charge in [-0.15, -0.1) is 11.8 Å². The van der Waals surface area contributed by atoms with Crippen LogP contribution < -0.4 is 0 Å². The van der Waals surface area contributed by atoms with E-state index in [2.05, 4.69) is 47.1 Å². The molecule has 0 N–H and O–H groups in total. The summed E-state index contributed by atoms with van der Waals surface area (Å²) in [5.74, 6) is 1.67. The van der Waals surface area contributed by atoms with Gasteiger partial charge in [0.1, 0.15) is 0 Å². The van der Waals surface area contributed by atoms with E-state index in [0.29, 0.717) is 5.92 Å². The van der Waals surface area contributed by atoms with E-state index in [1.54, 1.807) is 0 Å². The zero-order valence-corrected chi connectivity index (χ0v) is 11.0. The Morgan fingerprint density at radius 3 is 3.06 bits per heavy atom. The van der Waals surface area contributed by atoms with Gasteiger partial charge in [0, 0.05) is 47.7 Å². The molecule has 1 aromatic heterocycles. The van der Waals surface area contributed by atoms with Crippen LogP contribution in [0.25, 0.3) is 10.9 Å². The van der Waals surface area contributed by atoms with Crippen LogP contribution in [0, 0.1) is 0 Å². The zero-order valence-electron chi connectivity index (χ0n) is 10.2. The lowest BCUT2D eigenvalue weighted by atomic mass is 10.0. The Labute approximate surface area is 106 Å². The molecule has 0 spiro atoms. The summed E-state index contributed by atoms with van der Waals surface area (Å²) in [4.78, 5) is 5.68. The molecule has 1 aliphatic rings. The van der Waals surface area contributed by atoms with Crippen molar-refractivity contribution in [1.82, 2.24) is 4.57 Å². The summed E-state index contributed by atoms with van der Waals surface area (Å²) in [6.07, 6.45) is 3.29. The summed E-state index contributed by atoms with van der Waals surface area (Å²) < 4.78 is 2.34. The average molecular weight is 244 g/mol. The van der Waals surface area contributed by atoms with Gasteiger partial charge in [0.2, 0.25) is 0 Å². The summed E-state index contributed by atoms with van der Waals surface area (Å²) in [7, 11) is 4.04. The van der Waals surface area contributed by atoms with E-state index in [-0.39, 0.29) is 0 Å². The van der Waals surface area contributed by atoms with Crippen LogP contribution in [0.5, 0.6) is 0 Å². The van der Waals surface area contributed by atoms with E-state index in [9.17, 15) is 0 Å². The second-order valence-electron chi connectivity index (χ2n) is 4.44. The Balaban J connectivity index is 2.29. The number of nitrogens with zero attached hydrogens (tertiary/aromatic N) is 2. The molecule has 3 heteroatoms. The molecule has 0 fully saturated rings. The zero-order chi connectivity index (χ0) is 11.8. The Hall–Kier alpha value is -1.22. The van der Waals surface area contributed by atoms with Crippen molar-refractivity contribution in [2.75, 3.05) is 12.8 Å². The van der Waals surface area contributed by atoms with E-state index in [1.165, 1.54) is 33.7 Å². The van der Waals surface area contributed by atoms with Gasteiger partial charge in [-0.25, -0.2) is 0 Å². The predicted molar refractivity (Wildman–Crippen MR) is 75.4 cm³/mol. The Kier molecular flexibility index (Phi) is 2.71. The Bertz CT molecular complexity index is 583. The highest BCUT2D eigenvalue weighted by atomic mass is 32.2. The summed E-state index contributed by atoms with van der Waals surface area (Å²) >= 11 is 1.99. The standard InChI is InChI=1S/C14H16N2S/c1-15-9-10-7-8-17-14-11-5-3-4-6-12(11)16(2)13(10)14/h3-6,9-10H,7-8H2,1-2H3. The average Bonchev–Trinajstić information content (AvgIpc) is 2.66. The van der Waals surface area contributed by atoms with E-state index in [1.807, 2.05) is 18.8 Å². The van der Waals surface area contributed by atoms with Gasteiger partial charge in [-0.2, -0.15) is 0 Å². The Morgan fingerprint density at radius 1 is 1.41 bits per heavy atom. The van der Waals surface area contributed by atoms with Crippen molar-refractivity contribution in [3.8, 4) is 0 Å². The van der Waals surface area contributed by atoms with Crippen LogP contribution in [0.15, 0.2) is 34.2 Å². The highest BCUT2D eigenvalue weighted by molar-refractivity contribution is 7.99. The van der Waals surface area contributed by atoms with Crippen molar-refractivity contribution in [2.24, 2.45) is 12.0 Å². The van der Waals surface area contributed by atoms with E-state index >= 15 is 0 Å². The number of rotatable bonds is 1. The number of hydrogen-bond donors (Lipinski definition) is 0. The second kappa shape index (κ2) is 4.22. The van der Waals surface area contributed by atoms with Crippen molar-refractivity contribution in [3.05, 3.63) is 30.0 Å². The van der Waals surface area contributed by atoms with Gasteiger partial charge in [0.25, 0.3) is 0 Å². The second-order valence-corrected chi connectivity index (χ2v) is 5.55. The van der Waals surface area contributed by atoms with Crippen molar-refractivity contribution in [2.45, 2.75) is 17.2 Å². The molecule has 0 bridgehead atoms. The van der Waals surface area contributed by atoms with Crippen molar-refractivity contribution < 1.29 is 0 Å². The highest BCUT2D eigenvalue weighted by Gasteiger charge is 2.25. The number of fused-ring (bicyclic) bond motifs is 3. The van der Waals surface area contributed by atoms with Crippen LogP contribution in [0.1, 0.15) is 18.0 Å². The minimum absolute atomic E-state index is 0.480. The molecule has 2 nitrogen and oxygen atoms in total. The summed E-state index contributed by atoms with van der Waals surface area (Å²) in [5, 5.41) is 1.39. The quantitative estimate of drug-likeness (QED) is 0.702. The SMILES string of the molecule is CN=CC1CCSc2c1n(C)c1ccccc21. The van der Waals surface area contributed by atoms with Crippen LogP contribution >= 0.6 is 11.8 Å². The third-order valence-corrected chi connectivity index (χ3v) is 4.62. The van der Waals surface area contributed by atoms with Crippen LogP contribution in [-0.4, -0.2) is 23.6 Å². The number of para-hydroxylation sites is 1. The molecule has 2 aromatic rings. The normalized spacial score (nSPS) is 20.0. The smallest absolute Gasteiger partial charge is 0.0491 e. The lowest BCUT2D eigenvalue weighted by molar-refractivity contribution is 0.740. The number of benzene rings is 1. The van der Waals surface area contributed by atoms with Gasteiger partial charge in [0.05, 0.1) is 0 Å². The van der Waals surface area contributed by atoms with Crippen LogP contribution in [-0.2, 0) is 7.05 Å². The first-order chi connectivity index (χ1) is 8.33. The fourth-order valence-corrected chi connectivity index (χ4v) is 4.04. The summed E-state index contributed by atoms with van der Waals surface area (Å²) in [6, 6.07) is 8.67. The molecular formula is C14H16N2S. The Morgan fingerprint density at radius 2 is 2.24 bits per heavy atom. The molecule has 3 rings (SSSR count). The lowest BCUT2D eigenvalue weighted by Gasteiger charge is -2.20. The number of aryl methyl sites for hydroxylation is 1. The summed E-state index contributed by atoms with van der Waals surface area (Å²) in [6.45, 7) is 0. The van der Waals surface area contributed by atoms with Gasteiger partial charge in [0.15, 0.2) is 0 Å². The van der Waals surface area contributed by atoms with Gasteiger partial charge >= 0.3 is 0 Å². The maximum absolute atomic E-state index is 4.22. The summed E-state index contributed by atoms with van der Waals surface area (Å²) in [5.41, 5.74) is 2.77. The largest absolute Gasteiger partial charge is 0.346 e. The third-order valence-electron chi connectivity index (χ3n) is 3.46. The van der Waals surface area contributed by atoms with Gasteiger partial charge in [-0.3, -0.25) is 0 Å². The first kappa shape index (κ1) is 10.9. The maximum Gasteiger partial charge on any atom is 0.0491 e. The van der Waals surface area contributed by atoms with Gasteiger partial charge < -0.3 is 9.56 Å². The van der Waals surface area contributed by atoms with Gasteiger partial charge in [-0.05, 0) is 18.2 Å². The fourth-order valence-electron chi connectivity index (χ4n) is 2.70. The fraction of sp³-hybridized carbons (Fsp3) is 0.357. The molecule has 0 saturated heterocycles. The van der Waals surface area contributed by atoms with Crippen LogP contribution in [0.3, 0.4) is 0 Å². The minimum atomic E-state index is 0.480. The topological polar surface area (TPSA) is 17.3 Å². The first-order valence-electron chi connectivity index (χ1n) is 5.95. The molecule has 0 amide bonds. The van der Waals surface area contributed by atoms with Crippen molar-refractivity contribution >= 4 is 28.9 Å². The molecule has 0 radical (unpaired) electrons. The van der Waals surface area contributed by atoms with E-state index in [0.717, 1.165) is 0 Å². The first-order valence-corrected chi connectivity index (χ1v) is 6.94. The van der Waals surface area contributed by atoms with Crippen molar-refractivity contribution in [1.29, 1.82) is 0 Å². The number of aromatic nitrogens is 1. The molecule has 17 heavy (non-hydrogen) atoms. The number of thioether (sulfide) groups is 1. The van der Waals surface area contributed by atoms with Crippen LogP contribution in [0.2, 0.25) is 0 Å². The molecule has 0 saturated carbocycles. The highest BCUT2D eigenvalue weighted by Crippen LogP contribution is 2.42. The number of aliphatic imine (C=N–C) groups is 1.